The fraction of sp³-hybridized carbons (Fsp3) is 0.167. The van der Waals surface area contributed by atoms with Crippen molar-refractivity contribution in [3.8, 4) is 11.5 Å². The first kappa shape index (κ1) is 20.7. The van der Waals surface area contributed by atoms with Crippen LogP contribution in [0.1, 0.15) is 15.9 Å². The summed E-state index contributed by atoms with van der Waals surface area (Å²) in [7, 11) is 1.53. The number of halogens is 1. The van der Waals surface area contributed by atoms with E-state index in [1.54, 1.807) is 30.3 Å². The predicted molar refractivity (Wildman–Crippen MR) is 109 cm³/mol. The van der Waals surface area contributed by atoms with Crippen LogP contribution in [-0.2, 0) is 4.79 Å². The Bertz CT molecular complexity index is 843. The Morgan fingerprint density at radius 3 is 2.44 bits per heavy atom. The molecule has 27 heavy (non-hydrogen) atoms. The van der Waals surface area contributed by atoms with Gasteiger partial charge in [0.05, 0.1) is 11.6 Å². The van der Waals surface area contributed by atoms with Gasteiger partial charge in [-0.3, -0.25) is 25.8 Å². The average molecular weight is 452 g/mol. The van der Waals surface area contributed by atoms with Gasteiger partial charge in [-0.2, -0.15) is 0 Å². The van der Waals surface area contributed by atoms with Gasteiger partial charge < -0.3 is 9.47 Å². The Labute approximate surface area is 170 Å². The van der Waals surface area contributed by atoms with Crippen LogP contribution < -0.4 is 25.6 Å². The number of carbonyl (C=O) groups is 2. The lowest BCUT2D eigenvalue weighted by atomic mass is 10.2. The predicted octanol–water partition coefficient (Wildman–Crippen LogP) is 2.48. The molecule has 0 aliphatic carbocycles. The third-order valence-corrected chi connectivity index (χ3v) is 4.17. The van der Waals surface area contributed by atoms with E-state index in [-0.39, 0.29) is 11.7 Å². The van der Waals surface area contributed by atoms with Crippen molar-refractivity contribution >= 4 is 45.1 Å². The van der Waals surface area contributed by atoms with Crippen LogP contribution in [0.5, 0.6) is 11.5 Å². The van der Waals surface area contributed by atoms with Gasteiger partial charge in [0.1, 0.15) is 11.5 Å². The third-order valence-electron chi connectivity index (χ3n) is 3.35. The highest BCUT2D eigenvalue weighted by Crippen LogP contribution is 2.25. The Kier molecular flexibility index (Phi) is 7.56. The normalized spacial score (nSPS) is 9.89. The van der Waals surface area contributed by atoms with Crippen molar-refractivity contribution < 1.29 is 19.1 Å². The van der Waals surface area contributed by atoms with E-state index >= 15 is 0 Å². The van der Waals surface area contributed by atoms with E-state index in [1.807, 2.05) is 19.1 Å². The molecule has 3 N–H and O–H groups in total. The highest BCUT2D eigenvalue weighted by molar-refractivity contribution is 9.10. The summed E-state index contributed by atoms with van der Waals surface area (Å²) in [5, 5.41) is 2.41. The molecule has 0 aliphatic rings. The molecule has 2 rings (SSSR count). The number of amides is 2. The highest BCUT2D eigenvalue weighted by atomic mass is 79.9. The smallest absolute Gasteiger partial charge is 0.276 e. The van der Waals surface area contributed by atoms with Crippen molar-refractivity contribution in [3.63, 3.8) is 0 Å². The van der Waals surface area contributed by atoms with Crippen LogP contribution in [0.4, 0.5) is 0 Å². The van der Waals surface area contributed by atoms with E-state index < -0.39 is 11.8 Å². The van der Waals surface area contributed by atoms with Crippen LogP contribution in [0.2, 0.25) is 0 Å². The van der Waals surface area contributed by atoms with E-state index in [2.05, 4.69) is 32.1 Å². The van der Waals surface area contributed by atoms with E-state index in [1.165, 1.54) is 7.11 Å². The molecule has 142 valence electrons. The van der Waals surface area contributed by atoms with Gasteiger partial charge in [0.15, 0.2) is 11.7 Å². The first-order valence-electron chi connectivity index (χ1n) is 7.82. The first-order chi connectivity index (χ1) is 12.9. The lowest BCUT2D eigenvalue weighted by Crippen LogP contribution is -2.49. The largest absolute Gasteiger partial charge is 0.496 e. The summed E-state index contributed by atoms with van der Waals surface area (Å²) in [6, 6.07) is 12.2. The lowest BCUT2D eigenvalue weighted by Gasteiger charge is -2.12. The second kappa shape index (κ2) is 9.89. The summed E-state index contributed by atoms with van der Waals surface area (Å²) in [5.41, 5.74) is 6.27. The number of hydrazine groups is 1. The van der Waals surface area contributed by atoms with Crippen molar-refractivity contribution in [2.75, 3.05) is 13.7 Å². The number of benzene rings is 2. The van der Waals surface area contributed by atoms with Gasteiger partial charge in [-0.1, -0.05) is 17.7 Å². The fourth-order valence-corrected chi connectivity index (χ4v) is 2.64. The van der Waals surface area contributed by atoms with Crippen molar-refractivity contribution in [3.05, 3.63) is 58.1 Å². The third kappa shape index (κ3) is 6.54. The van der Waals surface area contributed by atoms with Crippen LogP contribution >= 0.6 is 28.1 Å². The molecule has 2 aromatic carbocycles. The van der Waals surface area contributed by atoms with Crippen molar-refractivity contribution in [2.24, 2.45) is 0 Å². The number of nitrogens with one attached hydrogen (secondary N) is 3. The zero-order chi connectivity index (χ0) is 19.8. The molecule has 0 aliphatic heterocycles. The molecule has 0 fully saturated rings. The van der Waals surface area contributed by atoms with Crippen LogP contribution in [0.15, 0.2) is 46.9 Å². The standard InChI is InChI=1S/C18H18BrN3O4S/c1-11-3-6-13(7-4-11)26-10-16(23)21-22-18(27)20-17(24)12-5-8-15(25-2)14(19)9-12/h3-9H,10H2,1-2H3,(H,21,23)(H2,20,22,24,27). The van der Waals surface area contributed by atoms with E-state index in [9.17, 15) is 9.59 Å². The fourth-order valence-electron chi connectivity index (χ4n) is 1.96. The molecule has 9 heteroatoms. The summed E-state index contributed by atoms with van der Waals surface area (Å²) in [6.07, 6.45) is 0. The molecule has 0 unspecified atom stereocenters. The molecular weight excluding hydrogens is 434 g/mol. The van der Waals surface area contributed by atoms with E-state index in [0.29, 0.717) is 21.5 Å². The highest BCUT2D eigenvalue weighted by Gasteiger charge is 2.11. The van der Waals surface area contributed by atoms with Gasteiger partial charge in [-0.15, -0.1) is 0 Å². The van der Waals surface area contributed by atoms with Crippen LogP contribution in [-0.4, -0.2) is 30.6 Å². The number of methoxy groups -OCH3 is 1. The van der Waals surface area contributed by atoms with Gasteiger partial charge >= 0.3 is 0 Å². The van der Waals surface area contributed by atoms with Gasteiger partial charge in [-0.25, -0.2) is 0 Å². The summed E-state index contributed by atoms with van der Waals surface area (Å²) in [6.45, 7) is 1.76. The topological polar surface area (TPSA) is 88.7 Å². The van der Waals surface area contributed by atoms with Crippen LogP contribution in [0.25, 0.3) is 0 Å². The minimum atomic E-state index is -0.445. The molecule has 7 nitrogen and oxygen atoms in total. The van der Waals surface area contributed by atoms with E-state index in [0.717, 1.165) is 5.56 Å². The Morgan fingerprint density at radius 1 is 1.11 bits per heavy atom. The molecule has 0 aromatic heterocycles. The second-order valence-corrected chi connectivity index (χ2v) is 6.67. The molecule has 2 aromatic rings. The number of thiocarbonyl (C=S) groups is 1. The Balaban J connectivity index is 1.76. The zero-order valence-corrected chi connectivity index (χ0v) is 17.1. The molecular formula is C18H18BrN3O4S. The number of hydrogen-bond acceptors (Lipinski definition) is 5. The molecule has 0 atom stereocenters. The number of ether oxygens (including phenoxy) is 2. The summed E-state index contributed by atoms with van der Waals surface area (Å²) >= 11 is 8.29. The van der Waals surface area contributed by atoms with Gasteiger partial charge in [0.25, 0.3) is 11.8 Å². The summed E-state index contributed by atoms with van der Waals surface area (Å²) < 4.78 is 11.1. The van der Waals surface area contributed by atoms with E-state index in [4.69, 9.17) is 21.7 Å². The van der Waals surface area contributed by atoms with Gasteiger partial charge in [0.2, 0.25) is 0 Å². The average Bonchev–Trinajstić information content (AvgIpc) is 2.65. The SMILES string of the molecule is COc1ccc(C(=O)NC(=S)NNC(=O)COc2ccc(C)cc2)cc1Br. The Morgan fingerprint density at radius 2 is 1.81 bits per heavy atom. The van der Waals surface area contributed by atoms with Crippen LogP contribution in [0.3, 0.4) is 0 Å². The van der Waals surface area contributed by atoms with Crippen LogP contribution in [0, 0.1) is 6.92 Å². The molecule has 0 saturated heterocycles. The van der Waals surface area contributed by atoms with Crippen molar-refractivity contribution in [1.82, 2.24) is 16.2 Å². The minimum absolute atomic E-state index is 0.0457. The number of carbonyl (C=O) groups excluding carboxylic acids is 2. The quantitative estimate of drug-likeness (QED) is 0.477. The maximum absolute atomic E-state index is 12.2. The molecule has 0 spiro atoms. The lowest BCUT2D eigenvalue weighted by molar-refractivity contribution is -0.123. The second-order valence-electron chi connectivity index (χ2n) is 5.41. The molecule has 0 radical (unpaired) electrons. The maximum atomic E-state index is 12.2. The van der Waals surface area contributed by atoms with Crippen molar-refractivity contribution in [2.45, 2.75) is 6.92 Å². The molecule has 2 amide bonds. The first-order valence-corrected chi connectivity index (χ1v) is 9.02. The molecule has 0 saturated carbocycles. The monoisotopic (exact) mass is 451 g/mol. The number of rotatable bonds is 5. The maximum Gasteiger partial charge on any atom is 0.276 e. The van der Waals surface area contributed by atoms with Gasteiger partial charge in [0, 0.05) is 5.56 Å². The number of hydrogen-bond donors (Lipinski definition) is 3. The Hall–Kier alpha value is -2.65. The van der Waals surface area contributed by atoms with Crippen molar-refractivity contribution in [1.29, 1.82) is 0 Å². The van der Waals surface area contributed by atoms with Gasteiger partial charge in [-0.05, 0) is 65.4 Å². The summed E-state index contributed by atoms with van der Waals surface area (Å²) in [5.74, 6) is 0.310. The molecule has 0 heterocycles. The number of aryl methyl sites for hydroxylation is 1. The molecule has 0 bridgehead atoms. The zero-order valence-electron chi connectivity index (χ0n) is 14.7. The summed E-state index contributed by atoms with van der Waals surface area (Å²) in [4.78, 5) is 23.9. The minimum Gasteiger partial charge on any atom is -0.496 e.